The molecule has 0 bridgehead atoms. The maximum absolute atomic E-state index is 12.6. The molecule has 1 aromatic heterocycles. The van der Waals surface area contributed by atoms with Gasteiger partial charge in [-0.25, -0.2) is 4.98 Å². The predicted octanol–water partition coefficient (Wildman–Crippen LogP) is 3.08. The molecular weight excluding hydrogens is 458 g/mol. The normalized spacial score (nSPS) is 15.1. The van der Waals surface area contributed by atoms with Gasteiger partial charge < -0.3 is 24.8 Å². The Morgan fingerprint density at radius 3 is 2.69 bits per heavy atom. The predicted molar refractivity (Wildman–Crippen MR) is 137 cm³/mol. The highest BCUT2D eigenvalue weighted by atomic mass is 16.5. The summed E-state index contributed by atoms with van der Waals surface area (Å²) in [5.41, 5.74) is 3.59. The maximum Gasteiger partial charge on any atom is 0.262 e. The van der Waals surface area contributed by atoms with Crippen LogP contribution in [0.3, 0.4) is 0 Å². The first kappa shape index (κ1) is 25.0. The molecule has 2 N–H and O–H groups in total. The number of rotatable bonds is 10. The number of hydrogen-bond acceptors (Lipinski definition) is 5. The summed E-state index contributed by atoms with van der Waals surface area (Å²) in [5.74, 6) is -0.299. The van der Waals surface area contributed by atoms with Crippen molar-refractivity contribution in [2.45, 2.75) is 33.2 Å². The molecule has 0 aliphatic carbocycles. The minimum absolute atomic E-state index is 0.0878. The third-order valence-electron chi connectivity index (χ3n) is 6.34. The highest BCUT2D eigenvalue weighted by Crippen LogP contribution is 2.27. The molecule has 9 nitrogen and oxygen atoms in total. The number of nitrogens with one attached hydrogen (secondary N) is 2. The number of ether oxygens (including phenoxy) is 1. The Morgan fingerprint density at radius 1 is 1.14 bits per heavy atom. The molecular formula is C27H31N5O4. The van der Waals surface area contributed by atoms with E-state index in [-0.39, 0.29) is 36.7 Å². The number of anilines is 2. The molecule has 2 aromatic carbocycles. The largest absolute Gasteiger partial charge is 0.484 e. The number of nitrogens with zero attached hydrogens (tertiary/aromatic N) is 3. The van der Waals surface area contributed by atoms with Crippen molar-refractivity contribution >= 4 is 29.1 Å². The van der Waals surface area contributed by atoms with Crippen molar-refractivity contribution in [3.63, 3.8) is 0 Å². The molecule has 1 aliphatic rings. The molecule has 2 heterocycles. The van der Waals surface area contributed by atoms with Gasteiger partial charge in [-0.1, -0.05) is 12.1 Å². The molecule has 3 aromatic rings. The molecule has 3 amide bonds. The van der Waals surface area contributed by atoms with Crippen molar-refractivity contribution in [1.82, 2.24) is 14.9 Å². The van der Waals surface area contributed by atoms with Crippen LogP contribution in [0.25, 0.3) is 0 Å². The third kappa shape index (κ3) is 6.29. The van der Waals surface area contributed by atoms with Crippen molar-refractivity contribution < 1.29 is 19.1 Å². The van der Waals surface area contributed by atoms with Crippen LogP contribution in [-0.2, 0) is 20.9 Å². The summed E-state index contributed by atoms with van der Waals surface area (Å²) in [6.45, 7) is 5.49. The molecule has 0 spiro atoms. The summed E-state index contributed by atoms with van der Waals surface area (Å²) in [4.78, 5) is 43.0. The topological polar surface area (TPSA) is 106 Å². The van der Waals surface area contributed by atoms with Gasteiger partial charge in [0.25, 0.3) is 5.91 Å². The van der Waals surface area contributed by atoms with E-state index in [9.17, 15) is 14.4 Å². The van der Waals surface area contributed by atoms with E-state index in [0.29, 0.717) is 24.5 Å². The van der Waals surface area contributed by atoms with E-state index in [1.54, 1.807) is 41.7 Å². The van der Waals surface area contributed by atoms with Crippen molar-refractivity contribution in [3.05, 3.63) is 72.3 Å². The number of carbonyl (C=O) groups excluding carboxylic acids is 3. The smallest absolute Gasteiger partial charge is 0.262 e. The highest BCUT2D eigenvalue weighted by molar-refractivity contribution is 6.00. The zero-order valence-corrected chi connectivity index (χ0v) is 20.6. The molecule has 0 unspecified atom stereocenters. The fourth-order valence-corrected chi connectivity index (χ4v) is 4.11. The first-order chi connectivity index (χ1) is 17.4. The first-order valence-electron chi connectivity index (χ1n) is 12.0. The number of benzene rings is 2. The SMILES string of the molecule is Cc1cccc(NC(=O)COc2ccc(N3C[C@H](C(=O)NCCCn4ccnc4)CC3=O)cc2)c1C. The molecule has 1 fully saturated rings. The number of carbonyl (C=O) groups is 3. The summed E-state index contributed by atoms with van der Waals surface area (Å²) < 4.78 is 7.57. The Balaban J connectivity index is 1.23. The van der Waals surface area contributed by atoms with Gasteiger partial charge >= 0.3 is 0 Å². The summed E-state index contributed by atoms with van der Waals surface area (Å²) in [6, 6.07) is 12.7. The zero-order valence-electron chi connectivity index (χ0n) is 20.6. The van der Waals surface area contributed by atoms with Gasteiger partial charge in [0, 0.05) is 49.8 Å². The van der Waals surface area contributed by atoms with Crippen molar-refractivity contribution in [2.75, 3.05) is 29.9 Å². The van der Waals surface area contributed by atoms with Gasteiger partial charge in [-0.05, 0) is 61.7 Å². The fraction of sp³-hybridized carbons (Fsp3) is 0.333. The lowest BCUT2D eigenvalue weighted by Gasteiger charge is -2.17. The minimum atomic E-state index is -0.379. The average molecular weight is 490 g/mol. The van der Waals surface area contributed by atoms with Gasteiger partial charge in [-0.3, -0.25) is 14.4 Å². The molecule has 1 atom stereocenters. The number of aryl methyl sites for hydroxylation is 2. The van der Waals surface area contributed by atoms with E-state index < -0.39 is 0 Å². The lowest BCUT2D eigenvalue weighted by molar-refractivity contribution is -0.126. The molecule has 0 radical (unpaired) electrons. The molecule has 188 valence electrons. The Hall–Kier alpha value is -4.14. The fourth-order valence-electron chi connectivity index (χ4n) is 4.11. The minimum Gasteiger partial charge on any atom is -0.484 e. The lowest BCUT2D eigenvalue weighted by atomic mass is 10.1. The van der Waals surface area contributed by atoms with Crippen LogP contribution in [0.15, 0.2) is 61.2 Å². The summed E-state index contributed by atoms with van der Waals surface area (Å²) in [6.07, 6.45) is 6.32. The van der Waals surface area contributed by atoms with E-state index in [2.05, 4.69) is 15.6 Å². The third-order valence-corrected chi connectivity index (χ3v) is 6.34. The van der Waals surface area contributed by atoms with Crippen LogP contribution in [0.1, 0.15) is 24.0 Å². The van der Waals surface area contributed by atoms with Crippen molar-refractivity contribution in [3.8, 4) is 5.75 Å². The van der Waals surface area contributed by atoms with Gasteiger partial charge in [0.15, 0.2) is 6.61 Å². The van der Waals surface area contributed by atoms with E-state index in [1.807, 2.05) is 42.8 Å². The van der Waals surface area contributed by atoms with Crippen LogP contribution >= 0.6 is 0 Å². The lowest BCUT2D eigenvalue weighted by Crippen LogP contribution is -2.33. The van der Waals surface area contributed by atoms with Crippen LogP contribution in [0.2, 0.25) is 0 Å². The van der Waals surface area contributed by atoms with Crippen LogP contribution in [0, 0.1) is 19.8 Å². The quantitative estimate of drug-likeness (QED) is 0.426. The summed E-state index contributed by atoms with van der Waals surface area (Å²) in [7, 11) is 0. The van der Waals surface area contributed by atoms with Crippen LogP contribution < -0.4 is 20.3 Å². The molecule has 0 saturated carbocycles. The first-order valence-corrected chi connectivity index (χ1v) is 12.0. The van der Waals surface area contributed by atoms with Gasteiger partial charge in [-0.2, -0.15) is 0 Å². The number of aromatic nitrogens is 2. The Bertz CT molecular complexity index is 1210. The van der Waals surface area contributed by atoms with Crippen molar-refractivity contribution in [1.29, 1.82) is 0 Å². The second-order valence-electron chi connectivity index (χ2n) is 8.93. The van der Waals surface area contributed by atoms with Crippen LogP contribution in [0.4, 0.5) is 11.4 Å². The second kappa shape index (κ2) is 11.5. The number of amides is 3. The van der Waals surface area contributed by atoms with Crippen molar-refractivity contribution in [2.24, 2.45) is 5.92 Å². The van der Waals surface area contributed by atoms with Crippen LogP contribution in [-0.4, -0.2) is 47.0 Å². The van der Waals surface area contributed by atoms with Crippen LogP contribution in [0.5, 0.6) is 5.75 Å². The molecule has 36 heavy (non-hydrogen) atoms. The Labute approximate surface area is 210 Å². The van der Waals surface area contributed by atoms with E-state index in [4.69, 9.17) is 4.74 Å². The maximum atomic E-state index is 12.6. The highest BCUT2D eigenvalue weighted by Gasteiger charge is 2.34. The molecule has 1 saturated heterocycles. The zero-order chi connectivity index (χ0) is 25.5. The summed E-state index contributed by atoms with van der Waals surface area (Å²) in [5, 5.41) is 5.80. The number of imidazole rings is 1. The van der Waals surface area contributed by atoms with Gasteiger partial charge in [0.2, 0.25) is 11.8 Å². The van der Waals surface area contributed by atoms with Gasteiger partial charge in [0.05, 0.1) is 12.2 Å². The number of hydrogen-bond donors (Lipinski definition) is 2. The Kier molecular flexibility index (Phi) is 7.99. The Morgan fingerprint density at radius 2 is 1.94 bits per heavy atom. The summed E-state index contributed by atoms with van der Waals surface area (Å²) >= 11 is 0. The van der Waals surface area contributed by atoms with E-state index in [1.165, 1.54) is 0 Å². The molecule has 4 rings (SSSR count). The van der Waals surface area contributed by atoms with E-state index in [0.717, 1.165) is 29.8 Å². The average Bonchev–Trinajstić information content (AvgIpc) is 3.53. The molecule has 9 heteroatoms. The van der Waals surface area contributed by atoms with E-state index >= 15 is 0 Å². The second-order valence-corrected chi connectivity index (χ2v) is 8.93. The van der Waals surface area contributed by atoms with Gasteiger partial charge in [0.1, 0.15) is 5.75 Å². The monoisotopic (exact) mass is 489 g/mol. The molecule has 1 aliphatic heterocycles. The van der Waals surface area contributed by atoms with Gasteiger partial charge in [-0.15, -0.1) is 0 Å². The standard InChI is InChI=1S/C27H31N5O4/c1-19-5-3-6-24(20(19)2)30-25(33)17-36-23-9-7-22(8-10-23)32-16-21(15-26(32)34)27(35)29-11-4-13-31-14-12-28-18-31/h3,5-10,12,14,18,21H,4,11,13,15-17H2,1-2H3,(H,29,35)(H,30,33)/t21-/m1/s1.